The van der Waals surface area contributed by atoms with Crippen molar-refractivity contribution in [3.63, 3.8) is 0 Å². The molecule has 154 valence electrons. The molecule has 0 aliphatic carbocycles. The minimum absolute atomic E-state index is 0.142. The summed E-state index contributed by atoms with van der Waals surface area (Å²) in [5, 5.41) is 23.3. The summed E-state index contributed by atoms with van der Waals surface area (Å²) in [5.41, 5.74) is 1.40. The van der Waals surface area contributed by atoms with E-state index in [1.54, 1.807) is 30.3 Å². The molecular weight excluding hydrogens is 418 g/mol. The molecule has 1 N–H and O–H groups in total. The number of nitro benzene ring substituents is 1. The van der Waals surface area contributed by atoms with Crippen LogP contribution in [-0.4, -0.2) is 10.8 Å². The molecule has 1 amide bonds. The highest BCUT2D eigenvalue weighted by molar-refractivity contribution is 6.31. The largest absolute Gasteiger partial charge is 0.489 e. The van der Waals surface area contributed by atoms with Gasteiger partial charge in [-0.1, -0.05) is 48.0 Å². The number of non-ortho nitro benzene ring substituents is 1. The number of nitrogens with zero attached hydrogens (tertiary/aromatic N) is 2. The molecule has 0 atom stereocenters. The van der Waals surface area contributed by atoms with E-state index in [9.17, 15) is 20.2 Å². The van der Waals surface area contributed by atoms with Crippen molar-refractivity contribution in [2.75, 3.05) is 5.32 Å². The molecule has 3 aromatic carbocycles. The quantitative estimate of drug-likeness (QED) is 0.233. The molecule has 0 aliphatic heterocycles. The van der Waals surface area contributed by atoms with Gasteiger partial charge in [-0.25, -0.2) is 0 Å². The average Bonchev–Trinajstić information content (AvgIpc) is 2.78. The van der Waals surface area contributed by atoms with Crippen molar-refractivity contribution in [3.8, 4) is 11.8 Å². The van der Waals surface area contributed by atoms with Crippen LogP contribution in [0.4, 0.5) is 11.4 Å². The summed E-state index contributed by atoms with van der Waals surface area (Å²) in [7, 11) is 0. The summed E-state index contributed by atoms with van der Waals surface area (Å²) in [6, 6.07) is 21.6. The molecule has 0 spiro atoms. The number of nitriles is 1. The number of hydrogen-bond donors (Lipinski definition) is 1. The second-order valence-electron chi connectivity index (χ2n) is 6.38. The van der Waals surface area contributed by atoms with Gasteiger partial charge in [0.25, 0.3) is 11.6 Å². The molecular formula is C23H16ClN3O4. The second kappa shape index (κ2) is 10.1. The average molecular weight is 434 g/mol. The van der Waals surface area contributed by atoms with E-state index in [2.05, 4.69) is 5.32 Å². The van der Waals surface area contributed by atoms with Gasteiger partial charge in [-0.3, -0.25) is 14.9 Å². The third kappa shape index (κ3) is 5.92. The molecule has 0 bridgehead atoms. The lowest BCUT2D eigenvalue weighted by Gasteiger charge is -2.08. The van der Waals surface area contributed by atoms with Gasteiger partial charge in [-0.2, -0.15) is 5.26 Å². The van der Waals surface area contributed by atoms with Gasteiger partial charge < -0.3 is 10.1 Å². The number of ether oxygens (including phenoxy) is 1. The minimum atomic E-state index is -0.665. The standard InChI is InChI=1S/C23H16ClN3O4/c24-22-7-2-1-4-17(22)15-31-21-10-8-16(9-11-21)12-18(14-25)23(28)26-19-5-3-6-20(13-19)27(29)30/h1-13H,15H2,(H,26,28)/b18-12+. The molecule has 0 radical (unpaired) electrons. The maximum Gasteiger partial charge on any atom is 0.271 e. The number of benzene rings is 3. The van der Waals surface area contributed by atoms with E-state index < -0.39 is 10.8 Å². The number of rotatable bonds is 7. The van der Waals surface area contributed by atoms with Gasteiger partial charge in [0.05, 0.1) is 4.92 Å². The van der Waals surface area contributed by atoms with Crippen molar-refractivity contribution >= 4 is 35.0 Å². The molecule has 3 rings (SSSR count). The Bertz CT molecular complexity index is 1180. The van der Waals surface area contributed by atoms with Gasteiger partial charge in [0.1, 0.15) is 24.0 Å². The van der Waals surface area contributed by atoms with Gasteiger partial charge in [-0.15, -0.1) is 0 Å². The first-order valence-electron chi connectivity index (χ1n) is 9.10. The number of anilines is 1. The number of nitrogens with one attached hydrogen (secondary N) is 1. The van der Waals surface area contributed by atoms with Gasteiger partial charge in [-0.05, 0) is 35.9 Å². The summed E-state index contributed by atoms with van der Waals surface area (Å²) in [6.45, 7) is 0.309. The van der Waals surface area contributed by atoms with Crippen LogP contribution >= 0.6 is 11.6 Å². The van der Waals surface area contributed by atoms with Crippen LogP contribution in [0.25, 0.3) is 6.08 Å². The summed E-state index contributed by atoms with van der Waals surface area (Å²) in [5.74, 6) is -0.0568. The Hall–Kier alpha value is -4.15. The lowest BCUT2D eigenvalue weighted by molar-refractivity contribution is -0.384. The van der Waals surface area contributed by atoms with Crippen molar-refractivity contribution in [1.82, 2.24) is 0 Å². The Kier molecular flexibility index (Phi) is 6.99. The molecule has 0 aromatic heterocycles. The Balaban J connectivity index is 1.67. The van der Waals surface area contributed by atoms with E-state index in [1.807, 2.05) is 24.3 Å². The van der Waals surface area contributed by atoms with Gasteiger partial charge in [0, 0.05) is 28.4 Å². The van der Waals surface area contributed by atoms with Crippen LogP contribution in [0.1, 0.15) is 11.1 Å². The SMILES string of the molecule is N#C/C(=C\c1ccc(OCc2ccccc2Cl)cc1)C(=O)Nc1cccc([N+](=O)[O-])c1. The van der Waals surface area contributed by atoms with Crippen LogP contribution in [0, 0.1) is 21.4 Å². The highest BCUT2D eigenvalue weighted by atomic mass is 35.5. The highest BCUT2D eigenvalue weighted by Gasteiger charge is 2.12. The third-order valence-corrected chi connectivity index (χ3v) is 4.59. The smallest absolute Gasteiger partial charge is 0.271 e. The van der Waals surface area contributed by atoms with Crippen molar-refractivity contribution < 1.29 is 14.5 Å². The maximum absolute atomic E-state index is 12.4. The number of nitro groups is 1. The molecule has 0 saturated heterocycles. The van der Waals surface area contributed by atoms with E-state index in [0.717, 1.165) is 5.56 Å². The lowest BCUT2D eigenvalue weighted by atomic mass is 10.1. The Morgan fingerprint density at radius 2 is 1.87 bits per heavy atom. The van der Waals surface area contributed by atoms with Crippen molar-refractivity contribution in [1.29, 1.82) is 5.26 Å². The molecule has 8 heteroatoms. The summed E-state index contributed by atoms with van der Waals surface area (Å²) < 4.78 is 5.71. The summed E-state index contributed by atoms with van der Waals surface area (Å²) in [4.78, 5) is 22.7. The third-order valence-electron chi connectivity index (χ3n) is 4.22. The van der Waals surface area contributed by atoms with E-state index >= 15 is 0 Å². The fourth-order valence-corrected chi connectivity index (χ4v) is 2.84. The number of carbonyl (C=O) groups is 1. The molecule has 0 unspecified atom stereocenters. The number of halogens is 1. The van der Waals surface area contributed by atoms with E-state index in [4.69, 9.17) is 16.3 Å². The molecule has 31 heavy (non-hydrogen) atoms. The maximum atomic E-state index is 12.4. The zero-order chi connectivity index (χ0) is 22.2. The number of carbonyl (C=O) groups excluding carboxylic acids is 1. The molecule has 3 aromatic rings. The van der Waals surface area contributed by atoms with Crippen LogP contribution in [-0.2, 0) is 11.4 Å². The fourth-order valence-electron chi connectivity index (χ4n) is 2.65. The number of hydrogen-bond acceptors (Lipinski definition) is 5. The van der Waals surface area contributed by atoms with E-state index in [1.165, 1.54) is 30.3 Å². The predicted octanol–water partition coefficient (Wildman–Crippen LogP) is 5.37. The lowest BCUT2D eigenvalue weighted by Crippen LogP contribution is -2.13. The van der Waals surface area contributed by atoms with Crippen LogP contribution < -0.4 is 10.1 Å². The van der Waals surface area contributed by atoms with E-state index in [0.29, 0.717) is 22.9 Å². The Morgan fingerprint density at radius 3 is 2.55 bits per heavy atom. The van der Waals surface area contributed by atoms with Gasteiger partial charge in [0.2, 0.25) is 0 Å². The van der Waals surface area contributed by atoms with Crippen molar-refractivity contribution in [3.05, 3.63) is 105 Å². The predicted molar refractivity (Wildman–Crippen MR) is 118 cm³/mol. The first-order valence-corrected chi connectivity index (χ1v) is 9.48. The van der Waals surface area contributed by atoms with Crippen LogP contribution in [0.2, 0.25) is 5.02 Å². The van der Waals surface area contributed by atoms with Crippen LogP contribution in [0.5, 0.6) is 5.75 Å². The Morgan fingerprint density at radius 1 is 1.13 bits per heavy atom. The Labute approximate surface area is 183 Å². The summed E-state index contributed by atoms with van der Waals surface area (Å²) >= 11 is 6.11. The molecule has 0 heterocycles. The minimum Gasteiger partial charge on any atom is -0.489 e. The van der Waals surface area contributed by atoms with Gasteiger partial charge >= 0.3 is 0 Å². The molecule has 0 aliphatic rings. The topological polar surface area (TPSA) is 105 Å². The molecule has 0 fully saturated rings. The molecule has 7 nitrogen and oxygen atoms in total. The second-order valence-corrected chi connectivity index (χ2v) is 6.79. The molecule has 0 saturated carbocycles. The normalized spacial score (nSPS) is 10.8. The van der Waals surface area contributed by atoms with Crippen LogP contribution in [0.15, 0.2) is 78.4 Å². The summed E-state index contributed by atoms with van der Waals surface area (Å²) in [6.07, 6.45) is 1.42. The monoisotopic (exact) mass is 433 g/mol. The first kappa shape index (κ1) is 21.6. The van der Waals surface area contributed by atoms with Crippen molar-refractivity contribution in [2.45, 2.75) is 6.61 Å². The van der Waals surface area contributed by atoms with Gasteiger partial charge in [0.15, 0.2) is 0 Å². The van der Waals surface area contributed by atoms with E-state index in [-0.39, 0.29) is 16.9 Å². The van der Waals surface area contributed by atoms with Crippen molar-refractivity contribution in [2.24, 2.45) is 0 Å². The zero-order valence-electron chi connectivity index (χ0n) is 16.1. The van der Waals surface area contributed by atoms with Crippen LogP contribution in [0.3, 0.4) is 0 Å². The highest BCUT2D eigenvalue weighted by Crippen LogP contribution is 2.21. The fraction of sp³-hybridized carbons (Fsp3) is 0.0435. The number of amides is 1. The zero-order valence-corrected chi connectivity index (χ0v) is 16.9. The first-order chi connectivity index (χ1) is 15.0.